The van der Waals surface area contributed by atoms with Gasteiger partial charge in [-0.2, -0.15) is 5.10 Å². The Hall–Kier alpha value is -2.15. The van der Waals surface area contributed by atoms with Crippen molar-refractivity contribution in [2.75, 3.05) is 0 Å². The van der Waals surface area contributed by atoms with Gasteiger partial charge in [0.05, 0.1) is 12.6 Å². The molecule has 0 aliphatic heterocycles. The minimum atomic E-state index is -0.321. The van der Waals surface area contributed by atoms with E-state index in [-0.39, 0.29) is 17.9 Å². The summed E-state index contributed by atoms with van der Waals surface area (Å²) in [6.07, 6.45) is 1.61. The lowest BCUT2D eigenvalue weighted by molar-refractivity contribution is -0.120. The van der Waals surface area contributed by atoms with Gasteiger partial charge >= 0.3 is 0 Å². The second kappa shape index (κ2) is 5.66. The van der Waals surface area contributed by atoms with Crippen LogP contribution in [0.25, 0.3) is 0 Å². The van der Waals surface area contributed by atoms with Crippen LogP contribution in [0.4, 0.5) is 0 Å². The molecule has 0 aliphatic rings. The molecule has 0 aliphatic carbocycles. The van der Waals surface area contributed by atoms with Crippen LogP contribution < -0.4 is 11.0 Å². The molecule has 0 saturated heterocycles. The zero-order valence-electron chi connectivity index (χ0n) is 10.6. The number of aryl methyl sites for hydroxylation is 2. The minimum Gasteiger partial charge on any atom is -0.302 e. The van der Waals surface area contributed by atoms with Crippen molar-refractivity contribution in [2.45, 2.75) is 20.3 Å². The van der Waals surface area contributed by atoms with Crippen molar-refractivity contribution in [3.8, 4) is 0 Å². The molecule has 0 spiro atoms. The average Bonchev–Trinajstić information content (AvgIpc) is 2.90. The summed E-state index contributed by atoms with van der Waals surface area (Å²) in [6, 6.07) is 1.98. The van der Waals surface area contributed by atoms with E-state index in [9.17, 15) is 9.59 Å². The Morgan fingerprint density at radius 1 is 1.47 bits per heavy atom. The summed E-state index contributed by atoms with van der Waals surface area (Å²) >= 11 is 1.55. The van der Waals surface area contributed by atoms with E-state index in [0.717, 1.165) is 10.4 Å². The predicted octanol–water partition coefficient (Wildman–Crippen LogP) is 1.07. The van der Waals surface area contributed by atoms with Gasteiger partial charge in [0, 0.05) is 16.1 Å². The highest BCUT2D eigenvalue weighted by Gasteiger charge is 2.10. The molecule has 0 saturated carbocycles. The van der Waals surface area contributed by atoms with Gasteiger partial charge in [0.25, 0.3) is 5.56 Å². The van der Waals surface area contributed by atoms with E-state index in [4.69, 9.17) is 0 Å². The maximum Gasteiger partial charge on any atom is 0.267 e. The Bertz CT molecular complexity index is 665. The third-order valence-corrected chi connectivity index (χ3v) is 3.65. The Balaban J connectivity index is 1.94. The van der Waals surface area contributed by atoms with Crippen molar-refractivity contribution < 1.29 is 4.79 Å². The summed E-state index contributed by atoms with van der Waals surface area (Å²) in [4.78, 5) is 24.0. The van der Waals surface area contributed by atoms with Gasteiger partial charge in [-0.25, -0.2) is 5.43 Å². The lowest BCUT2D eigenvalue weighted by atomic mass is 10.2. The predicted molar refractivity (Wildman–Crippen MR) is 74.6 cm³/mol. The smallest absolute Gasteiger partial charge is 0.267 e. The highest BCUT2D eigenvalue weighted by molar-refractivity contribution is 7.11. The molecule has 0 radical (unpaired) electrons. The number of nitrogens with one attached hydrogen (secondary N) is 3. The van der Waals surface area contributed by atoms with Crippen LogP contribution in [0.5, 0.6) is 0 Å². The average molecular weight is 278 g/mol. The molecule has 19 heavy (non-hydrogen) atoms. The number of rotatable bonds is 4. The lowest BCUT2D eigenvalue weighted by Crippen LogP contribution is -2.23. The molecule has 100 valence electrons. The minimum absolute atomic E-state index is 0.00539. The molecule has 7 heteroatoms. The SMILES string of the molecule is Cc1ccsc1/C=N\NC(=O)Cc1c(C)[nH][nH]c1=O. The molecule has 2 rings (SSSR count). The molecular weight excluding hydrogens is 264 g/mol. The summed E-state index contributed by atoms with van der Waals surface area (Å²) < 4.78 is 0. The number of hydrazone groups is 1. The number of nitrogens with zero attached hydrogens (tertiary/aromatic N) is 1. The first-order chi connectivity index (χ1) is 9.08. The Morgan fingerprint density at radius 2 is 2.26 bits per heavy atom. The second-order valence-corrected chi connectivity index (χ2v) is 5.07. The van der Waals surface area contributed by atoms with Gasteiger partial charge in [0.1, 0.15) is 0 Å². The third kappa shape index (κ3) is 3.19. The maximum atomic E-state index is 11.6. The quantitative estimate of drug-likeness (QED) is 0.577. The van der Waals surface area contributed by atoms with E-state index in [1.165, 1.54) is 0 Å². The number of hydrogen-bond donors (Lipinski definition) is 3. The van der Waals surface area contributed by atoms with E-state index >= 15 is 0 Å². The van der Waals surface area contributed by atoms with E-state index < -0.39 is 0 Å². The Kier molecular flexibility index (Phi) is 3.96. The van der Waals surface area contributed by atoms with Crippen LogP contribution in [0.1, 0.15) is 21.7 Å². The van der Waals surface area contributed by atoms with E-state index in [1.54, 1.807) is 24.5 Å². The topological polar surface area (TPSA) is 90.1 Å². The van der Waals surface area contributed by atoms with E-state index in [2.05, 4.69) is 20.7 Å². The molecule has 0 fully saturated rings. The molecule has 2 aromatic heterocycles. The van der Waals surface area contributed by atoms with Gasteiger partial charge in [-0.1, -0.05) is 0 Å². The van der Waals surface area contributed by atoms with Crippen LogP contribution in [-0.2, 0) is 11.2 Å². The summed E-state index contributed by atoms with van der Waals surface area (Å²) in [5.41, 5.74) is 4.35. The maximum absolute atomic E-state index is 11.6. The van der Waals surface area contributed by atoms with Crippen molar-refractivity contribution in [1.82, 2.24) is 15.6 Å². The fraction of sp³-hybridized carbons (Fsp3) is 0.250. The van der Waals surface area contributed by atoms with E-state index in [1.807, 2.05) is 18.4 Å². The van der Waals surface area contributed by atoms with Crippen molar-refractivity contribution in [1.29, 1.82) is 0 Å². The summed E-state index contributed by atoms with van der Waals surface area (Å²) in [7, 11) is 0. The zero-order chi connectivity index (χ0) is 13.8. The van der Waals surface area contributed by atoms with Gasteiger partial charge in [0.2, 0.25) is 5.91 Å². The number of carbonyl (C=O) groups is 1. The van der Waals surface area contributed by atoms with Gasteiger partial charge in [0.15, 0.2) is 0 Å². The molecule has 6 nitrogen and oxygen atoms in total. The number of amides is 1. The standard InChI is InChI=1S/C12H14N4O2S/c1-7-3-4-19-10(7)6-13-15-11(17)5-9-8(2)14-16-12(9)18/h3-4,6H,5H2,1-2H3,(H,15,17)(H2,14,16,18)/b13-6-. The van der Waals surface area contributed by atoms with Crippen LogP contribution in [0, 0.1) is 13.8 Å². The van der Waals surface area contributed by atoms with E-state index in [0.29, 0.717) is 11.3 Å². The molecular formula is C12H14N4O2S. The summed E-state index contributed by atoms with van der Waals surface area (Å²) in [6.45, 7) is 3.71. The van der Waals surface area contributed by atoms with Crippen LogP contribution in [0.15, 0.2) is 21.3 Å². The van der Waals surface area contributed by atoms with Crippen LogP contribution in [-0.4, -0.2) is 22.3 Å². The Morgan fingerprint density at radius 3 is 2.84 bits per heavy atom. The first-order valence-electron chi connectivity index (χ1n) is 5.70. The first-order valence-corrected chi connectivity index (χ1v) is 6.58. The van der Waals surface area contributed by atoms with Crippen LogP contribution >= 0.6 is 11.3 Å². The number of thiophene rings is 1. The van der Waals surface area contributed by atoms with Crippen molar-refractivity contribution in [3.05, 3.63) is 43.5 Å². The second-order valence-electron chi connectivity index (χ2n) is 4.12. The number of aromatic nitrogens is 2. The van der Waals surface area contributed by atoms with Crippen molar-refractivity contribution >= 4 is 23.5 Å². The fourth-order valence-electron chi connectivity index (χ4n) is 1.56. The van der Waals surface area contributed by atoms with Gasteiger partial charge in [-0.05, 0) is 30.9 Å². The molecule has 0 atom stereocenters. The highest BCUT2D eigenvalue weighted by atomic mass is 32.1. The molecule has 0 unspecified atom stereocenters. The fourth-order valence-corrected chi connectivity index (χ4v) is 2.35. The number of aromatic amines is 2. The van der Waals surface area contributed by atoms with Gasteiger partial charge < -0.3 is 5.10 Å². The molecule has 3 N–H and O–H groups in total. The zero-order valence-corrected chi connectivity index (χ0v) is 11.4. The molecule has 2 aromatic rings. The number of carbonyl (C=O) groups excluding carboxylic acids is 1. The third-order valence-electron chi connectivity index (χ3n) is 2.70. The molecule has 2 heterocycles. The number of hydrogen-bond acceptors (Lipinski definition) is 4. The molecule has 1 amide bonds. The Labute approximate surface area is 113 Å². The normalized spacial score (nSPS) is 11.1. The number of H-pyrrole nitrogens is 2. The van der Waals surface area contributed by atoms with Gasteiger partial charge in [-0.3, -0.25) is 14.7 Å². The first kappa shape index (κ1) is 13.3. The van der Waals surface area contributed by atoms with Crippen molar-refractivity contribution in [2.24, 2.45) is 5.10 Å². The summed E-state index contributed by atoms with van der Waals surface area (Å²) in [5, 5.41) is 10.9. The van der Waals surface area contributed by atoms with Crippen molar-refractivity contribution in [3.63, 3.8) is 0 Å². The lowest BCUT2D eigenvalue weighted by Gasteiger charge is -1.97. The monoisotopic (exact) mass is 278 g/mol. The van der Waals surface area contributed by atoms with Gasteiger partial charge in [-0.15, -0.1) is 11.3 Å². The molecule has 0 bridgehead atoms. The van der Waals surface area contributed by atoms with Crippen LogP contribution in [0.3, 0.4) is 0 Å². The highest BCUT2D eigenvalue weighted by Crippen LogP contribution is 2.12. The van der Waals surface area contributed by atoms with Crippen LogP contribution in [0.2, 0.25) is 0 Å². The largest absolute Gasteiger partial charge is 0.302 e. The molecule has 0 aromatic carbocycles. The summed E-state index contributed by atoms with van der Waals surface area (Å²) in [5.74, 6) is -0.321.